The van der Waals surface area contributed by atoms with Crippen molar-refractivity contribution in [2.45, 2.75) is 206 Å². The van der Waals surface area contributed by atoms with Crippen molar-refractivity contribution in [2.75, 3.05) is 26.4 Å². The van der Waals surface area contributed by atoms with Crippen molar-refractivity contribution in [2.24, 2.45) is 5.73 Å². The summed E-state index contributed by atoms with van der Waals surface area (Å²) in [6.07, 6.45) is 36.6. The van der Waals surface area contributed by atoms with E-state index in [4.69, 9.17) is 24.3 Å². The number of esters is 2. The topological polar surface area (TPSA) is 134 Å². The number of allylic oxidation sites excluding steroid dienone is 2. The zero-order valence-corrected chi connectivity index (χ0v) is 33.3. The second kappa shape index (κ2) is 37.5. The molecule has 3 N–H and O–H groups in total. The molecule has 0 saturated heterocycles. The molecular weight excluding hydrogens is 653 g/mol. The molecule has 0 aliphatic rings. The maximum absolute atomic E-state index is 12.5. The van der Waals surface area contributed by atoms with Gasteiger partial charge >= 0.3 is 19.8 Å². The van der Waals surface area contributed by atoms with Crippen molar-refractivity contribution in [3.8, 4) is 0 Å². The highest BCUT2D eigenvalue weighted by Crippen LogP contribution is 2.43. The van der Waals surface area contributed by atoms with Crippen LogP contribution in [0.4, 0.5) is 0 Å². The lowest BCUT2D eigenvalue weighted by Gasteiger charge is -2.19. The van der Waals surface area contributed by atoms with E-state index >= 15 is 0 Å². The largest absolute Gasteiger partial charge is 0.472 e. The van der Waals surface area contributed by atoms with Gasteiger partial charge in [0, 0.05) is 19.4 Å². The summed E-state index contributed by atoms with van der Waals surface area (Å²) in [5, 5.41) is 0. The lowest BCUT2D eigenvalue weighted by Crippen LogP contribution is -2.29. The molecule has 0 saturated carbocycles. The van der Waals surface area contributed by atoms with Gasteiger partial charge in [-0.3, -0.25) is 18.6 Å². The highest BCUT2D eigenvalue weighted by atomic mass is 31.2. The Morgan fingerprint density at radius 3 is 1.42 bits per heavy atom. The Balaban J connectivity index is 4.15. The van der Waals surface area contributed by atoms with E-state index in [0.29, 0.717) is 6.42 Å². The summed E-state index contributed by atoms with van der Waals surface area (Å²) in [4.78, 5) is 34.8. The molecule has 0 aliphatic heterocycles. The summed E-state index contributed by atoms with van der Waals surface area (Å²) in [5.41, 5.74) is 5.34. The van der Waals surface area contributed by atoms with Crippen LogP contribution in [0.25, 0.3) is 0 Å². The lowest BCUT2D eigenvalue weighted by molar-refractivity contribution is -0.161. The van der Waals surface area contributed by atoms with E-state index in [9.17, 15) is 19.0 Å². The normalized spacial score (nSPS) is 13.4. The van der Waals surface area contributed by atoms with Crippen LogP contribution in [0.5, 0.6) is 0 Å². The minimum atomic E-state index is -4.37. The number of ether oxygens (including phenoxy) is 2. The average Bonchev–Trinajstić information content (AvgIpc) is 3.10. The van der Waals surface area contributed by atoms with Gasteiger partial charge in [-0.1, -0.05) is 161 Å². The molecule has 10 heteroatoms. The van der Waals surface area contributed by atoms with Crippen molar-refractivity contribution in [1.29, 1.82) is 0 Å². The summed E-state index contributed by atoms with van der Waals surface area (Å²) in [6, 6.07) is 0. The first-order chi connectivity index (χ1) is 24.3. The molecule has 0 radical (unpaired) electrons. The Labute approximate surface area is 307 Å². The maximum Gasteiger partial charge on any atom is 0.472 e. The standard InChI is InChI=1S/C40H78NO8P/c1-3-5-7-9-11-13-15-17-18-19-20-21-23-25-27-29-31-33-40(43)49-38(37-48-50(44,45)47-35-34-41)36-46-39(42)32-30-28-26-24-22-16-14-12-10-8-6-4-2/h17-18,38H,3-16,19-37,41H2,1-2H3,(H,44,45)/b18-17-/t38-/m1/s1. The first-order valence-electron chi connectivity index (χ1n) is 20.7. The maximum atomic E-state index is 12.5. The van der Waals surface area contributed by atoms with Crippen molar-refractivity contribution >= 4 is 19.8 Å². The molecule has 0 aromatic rings. The third kappa shape index (κ3) is 36.5. The molecule has 0 amide bonds. The summed E-state index contributed by atoms with van der Waals surface area (Å²) < 4.78 is 32.7. The number of unbranched alkanes of at least 4 members (excludes halogenated alkanes) is 24. The Bertz CT molecular complexity index is 840. The van der Waals surface area contributed by atoms with Crippen molar-refractivity contribution in [1.82, 2.24) is 0 Å². The Morgan fingerprint density at radius 1 is 0.580 bits per heavy atom. The molecule has 0 heterocycles. The Morgan fingerprint density at radius 2 is 0.980 bits per heavy atom. The fourth-order valence-corrected chi connectivity index (χ4v) is 6.57. The van der Waals surface area contributed by atoms with Crippen LogP contribution >= 0.6 is 7.82 Å². The van der Waals surface area contributed by atoms with Crippen LogP contribution in [0.1, 0.15) is 200 Å². The molecule has 0 aromatic carbocycles. The van der Waals surface area contributed by atoms with Gasteiger partial charge in [0.15, 0.2) is 6.10 Å². The van der Waals surface area contributed by atoms with Crippen molar-refractivity contribution < 1.29 is 37.6 Å². The highest BCUT2D eigenvalue weighted by molar-refractivity contribution is 7.47. The van der Waals surface area contributed by atoms with E-state index in [0.717, 1.165) is 44.9 Å². The van der Waals surface area contributed by atoms with Crippen LogP contribution in [-0.4, -0.2) is 49.3 Å². The second-order valence-electron chi connectivity index (χ2n) is 13.9. The number of phosphoric ester groups is 1. The van der Waals surface area contributed by atoms with E-state index in [-0.39, 0.29) is 38.6 Å². The van der Waals surface area contributed by atoms with E-state index < -0.39 is 26.5 Å². The molecular formula is C40H78NO8P. The lowest BCUT2D eigenvalue weighted by atomic mass is 10.0. The zero-order chi connectivity index (χ0) is 36.8. The smallest absolute Gasteiger partial charge is 0.462 e. The van der Waals surface area contributed by atoms with E-state index in [2.05, 4.69) is 26.0 Å². The molecule has 1 unspecified atom stereocenters. The predicted molar refractivity (Wildman–Crippen MR) is 206 cm³/mol. The Hall–Kier alpha value is -1.25. The van der Waals surface area contributed by atoms with Gasteiger partial charge in [0.2, 0.25) is 0 Å². The van der Waals surface area contributed by atoms with Crippen molar-refractivity contribution in [3.05, 3.63) is 12.2 Å². The Kier molecular flexibility index (Phi) is 36.6. The molecule has 9 nitrogen and oxygen atoms in total. The minimum Gasteiger partial charge on any atom is -0.462 e. The van der Waals surface area contributed by atoms with E-state index in [1.807, 2.05) is 0 Å². The quantitative estimate of drug-likeness (QED) is 0.0274. The number of hydrogen-bond donors (Lipinski definition) is 2. The third-order valence-electron chi connectivity index (χ3n) is 8.90. The number of phosphoric acid groups is 1. The van der Waals surface area contributed by atoms with E-state index in [1.54, 1.807) is 0 Å². The van der Waals surface area contributed by atoms with Gasteiger partial charge in [-0.25, -0.2) is 4.57 Å². The minimum absolute atomic E-state index is 0.0553. The molecule has 0 spiro atoms. The van der Waals surface area contributed by atoms with Crippen LogP contribution in [0.3, 0.4) is 0 Å². The van der Waals surface area contributed by atoms with Crippen molar-refractivity contribution in [3.63, 3.8) is 0 Å². The van der Waals surface area contributed by atoms with Gasteiger partial charge in [0.05, 0.1) is 13.2 Å². The van der Waals surface area contributed by atoms with Gasteiger partial charge in [-0.2, -0.15) is 0 Å². The summed E-state index contributed by atoms with van der Waals surface area (Å²) in [5.74, 6) is -0.826. The third-order valence-corrected chi connectivity index (χ3v) is 9.89. The SMILES string of the molecule is CCCCCCCC/C=C\CCCCCCCCCC(=O)O[C@H](COC(=O)CCCCCCCCCCCCCC)COP(=O)(O)OCCN. The molecule has 0 bridgehead atoms. The van der Waals surface area contributed by atoms with Gasteiger partial charge in [-0.15, -0.1) is 0 Å². The van der Waals surface area contributed by atoms with Crippen LogP contribution in [-0.2, 0) is 32.7 Å². The summed E-state index contributed by atoms with van der Waals surface area (Å²) in [7, 11) is -4.37. The zero-order valence-electron chi connectivity index (χ0n) is 32.4. The monoisotopic (exact) mass is 732 g/mol. The average molecular weight is 732 g/mol. The molecule has 0 aliphatic carbocycles. The fraction of sp³-hybridized carbons (Fsp3) is 0.900. The molecule has 0 fully saturated rings. The van der Waals surface area contributed by atoms with Crippen LogP contribution in [0.15, 0.2) is 12.2 Å². The van der Waals surface area contributed by atoms with Gasteiger partial charge in [0.25, 0.3) is 0 Å². The number of carbonyl (C=O) groups excluding carboxylic acids is 2. The van der Waals surface area contributed by atoms with Gasteiger partial charge in [-0.05, 0) is 38.5 Å². The van der Waals surface area contributed by atoms with Crippen LogP contribution < -0.4 is 5.73 Å². The molecule has 0 rings (SSSR count). The summed E-state index contributed by atoms with van der Waals surface area (Å²) >= 11 is 0. The van der Waals surface area contributed by atoms with Crippen LogP contribution in [0.2, 0.25) is 0 Å². The number of hydrogen-bond acceptors (Lipinski definition) is 8. The number of carbonyl (C=O) groups is 2. The molecule has 2 atom stereocenters. The molecule has 0 aromatic heterocycles. The molecule has 296 valence electrons. The van der Waals surface area contributed by atoms with Gasteiger partial charge < -0.3 is 20.1 Å². The number of rotatable bonds is 39. The second-order valence-corrected chi connectivity index (χ2v) is 15.3. The van der Waals surface area contributed by atoms with Crippen LogP contribution in [0, 0.1) is 0 Å². The number of nitrogens with two attached hydrogens (primary N) is 1. The molecule has 50 heavy (non-hydrogen) atoms. The first kappa shape index (κ1) is 48.8. The fourth-order valence-electron chi connectivity index (χ4n) is 5.81. The summed E-state index contributed by atoms with van der Waals surface area (Å²) in [6.45, 7) is 3.73. The highest BCUT2D eigenvalue weighted by Gasteiger charge is 2.26. The van der Waals surface area contributed by atoms with Gasteiger partial charge in [0.1, 0.15) is 6.61 Å². The predicted octanol–water partition coefficient (Wildman–Crippen LogP) is 11.4. The first-order valence-corrected chi connectivity index (χ1v) is 22.2. The van der Waals surface area contributed by atoms with E-state index in [1.165, 1.54) is 122 Å².